The number of ether oxygens (including phenoxy) is 2. The number of imidazole rings is 2. The summed E-state index contributed by atoms with van der Waals surface area (Å²) in [5.74, 6) is 0.140. The molecule has 19 nitrogen and oxygen atoms in total. The van der Waals surface area contributed by atoms with Crippen LogP contribution < -0.4 is 11.5 Å². The largest absolute Gasteiger partial charge is 0.387 e. The Bertz CT molecular complexity index is 1840. The molecule has 24 heteroatoms. The molecule has 4 aromatic rings. The number of nitrogen functional groups attached to an aromatic ring is 2. The van der Waals surface area contributed by atoms with Gasteiger partial charge in [-0.15, -0.1) is 0 Å². The Morgan fingerprint density at radius 1 is 0.795 bits per heavy atom. The van der Waals surface area contributed by atoms with Crippen molar-refractivity contribution < 1.29 is 46.2 Å². The minimum atomic E-state index is -4.36. The summed E-state index contributed by atoms with van der Waals surface area (Å²) in [6.45, 7) is -9.91. The normalized spacial score (nSPS) is 38.3. The molecule has 6 unspecified atom stereocenters. The van der Waals surface area contributed by atoms with Crippen molar-refractivity contribution in [3.8, 4) is 0 Å². The molecule has 5 N–H and O–H groups in total. The first-order chi connectivity index (χ1) is 20.9. The number of anilines is 2. The summed E-state index contributed by atoms with van der Waals surface area (Å²) in [4.78, 5) is 24.3. The summed E-state index contributed by atoms with van der Waals surface area (Å²) in [7, 11) is 0. The van der Waals surface area contributed by atoms with Crippen molar-refractivity contribution in [3.63, 3.8) is 0 Å². The maximum Gasteiger partial charge on any atom is 0.386 e. The molecule has 0 amide bonds. The van der Waals surface area contributed by atoms with Crippen molar-refractivity contribution in [1.82, 2.24) is 39.0 Å². The van der Waals surface area contributed by atoms with Crippen LogP contribution in [0.5, 0.6) is 0 Å². The molecule has 236 valence electrons. The number of hydrogen-bond donors (Lipinski definition) is 5. The highest BCUT2D eigenvalue weighted by molar-refractivity contribution is 8.44. The SMILES string of the molecule is Nc1ncnc2c1ncn2[C@@H]1O[C@@H]2COP(=O)(S)OC3C(O)[C@@H](COP(=O)(S)OC2C1F)O[C@H]3n1cnc2c(N)ncnc21. The lowest BCUT2D eigenvalue weighted by Crippen LogP contribution is -2.35. The Morgan fingerprint density at radius 3 is 1.89 bits per heavy atom. The number of halogens is 1. The van der Waals surface area contributed by atoms with E-state index in [9.17, 15) is 14.2 Å². The summed E-state index contributed by atoms with van der Waals surface area (Å²) in [6, 6.07) is 0. The summed E-state index contributed by atoms with van der Waals surface area (Å²) in [5.41, 5.74) is 12.5. The molecule has 2 bridgehead atoms. The third-order valence-electron chi connectivity index (χ3n) is 7.22. The number of thiol groups is 2. The van der Waals surface area contributed by atoms with Gasteiger partial charge >= 0.3 is 13.6 Å². The summed E-state index contributed by atoms with van der Waals surface area (Å²) in [5, 5.41) is 11.1. The van der Waals surface area contributed by atoms with Gasteiger partial charge in [0.15, 0.2) is 41.6 Å². The van der Waals surface area contributed by atoms with Gasteiger partial charge in [0.1, 0.15) is 54.2 Å². The van der Waals surface area contributed by atoms with Gasteiger partial charge in [0.05, 0.1) is 25.9 Å². The molecule has 7 rings (SSSR count). The number of nitrogens with zero attached hydrogens (tertiary/aromatic N) is 8. The van der Waals surface area contributed by atoms with Crippen LogP contribution in [-0.2, 0) is 36.7 Å². The fourth-order valence-corrected chi connectivity index (χ4v) is 8.13. The molecular formula is C20H23FN10O9P2S2. The highest BCUT2D eigenvalue weighted by atomic mass is 32.7. The van der Waals surface area contributed by atoms with Crippen LogP contribution in [0, 0.1) is 0 Å². The fourth-order valence-electron chi connectivity index (χ4n) is 5.19. The molecule has 10 atom stereocenters. The molecule has 44 heavy (non-hydrogen) atoms. The van der Waals surface area contributed by atoms with Gasteiger partial charge < -0.3 is 26.0 Å². The number of hydrogen-bond acceptors (Lipinski definition) is 17. The van der Waals surface area contributed by atoms with E-state index in [1.54, 1.807) is 0 Å². The number of nitrogens with two attached hydrogens (primary N) is 2. The molecule has 3 aliphatic rings. The lowest BCUT2D eigenvalue weighted by atomic mass is 10.1. The molecule has 0 aromatic carbocycles. The third-order valence-corrected chi connectivity index (χ3v) is 10.4. The molecular weight excluding hydrogens is 669 g/mol. The Balaban J connectivity index is 1.20. The second-order valence-electron chi connectivity index (χ2n) is 9.90. The van der Waals surface area contributed by atoms with E-state index >= 15 is 4.39 Å². The molecule has 4 aromatic heterocycles. The monoisotopic (exact) mass is 692 g/mol. The first-order valence-corrected chi connectivity index (χ1v) is 18.1. The molecule has 7 heterocycles. The van der Waals surface area contributed by atoms with Crippen molar-refractivity contribution in [3.05, 3.63) is 25.3 Å². The van der Waals surface area contributed by atoms with Gasteiger partial charge in [0, 0.05) is 0 Å². The molecule has 3 fully saturated rings. The standard InChI is InChI=1S/C20H23FN10O9P2S2/c21-9-13-8(38-19(9)30-5-28-10-15(22)24-3-26-17(10)30)2-36-42(34,44)40-14-12(32)7(1-35-41(33,43)39-13)37-20(14)31-6-29-11-16(23)25-4-27-18(11)31/h3-9,12-14,19-20,32H,1-2H2,(H,33,43)(H,34,44)(H2,22,24,26)(H2,23,25,27)/t7-,8-,9?,12?,13?,14?,19-,20-,41?,42?/m1/s1. The van der Waals surface area contributed by atoms with Crippen molar-refractivity contribution in [2.75, 3.05) is 24.7 Å². The molecule has 3 aliphatic heterocycles. The predicted octanol–water partition coefficient (Wildman–Crippen LogP) is 1.22. The Kier molecular flexibility index (Phi) is 7.61. The third kappa shape index (κ3) is 5.26. The Labute approximate surface area is 256 Å². The van der Waals surface area contributed by atoms with Crippen LogP contribution >= 0.6 is 38.1 Å². The molecule has 0 spiro atoms. The molecule has 0 saturated carbocycles. The topological polar surface area (TPSA) is 249 Å². The van der Waals surface area contributed by atoms with Gasteiger partial charge in [-0.05, 0) is 0 Å². The smallest absolute Gasteiger partial charge is 0.386 e. The van der Waals surface area contributed by atoms with Crippen molar-refractivity contribution in [2.45, 2.75) is 49.1 Å². The van der Waals surface area contributed by atoms with Crippen LogP contribution in [0.4, 0.5) is 16.0 Å². The zero-order valence-corrected chi connectivity index (χ0v) is 25.5. The van der Waals surface area contributed by atoms with E-state index in [2.05, 4.69) is 54.4 Å². The lowest BCUT2D eigenvalue weighted by Gasteiger charge is -2.26. The zero-order valence-electron chi connectivity index (χ0n) is 22.0. The first-order valence-electron chi connectivity index (χ1n) is 12.7. The van der Waals surface area contributed by atoms with Gasteiger partial charge in [0.2, 0.25) is 0 Å². The minimum Gasteiger partial charge on any atom is -0.387 e. The molecule has 0 aliphatic carbocycles. The lowest BCUT2D eigenvalue weighted by molar-refractivity contribution is -0.0568. The first kappa shape index (κ1) is 30.2. The van der Waals surface area contributed by atoms with Crippen LogP contribution in [0.3, 0.4) is 0 Å². The second kappa shape index (κ2) is 11.1. The number of alkyl halides is 1. The number of fused-ring (bicyclic) bond motifs is 5. The minimum absolute atomic E-state index is 0.0580. The van der Waals surface area contributed by atoms with E-state index in [1.807, 2.05) is 0 Å². The number of aromatic nitrogens is 8. The Hall–Kier alpha value is -2.49. The zero-order chi connectivity index (χ0) is 31.0. The maximum atomic E-state index is 16.0. The van der Waals surface area contributed by atoms with Crippen LogP contribution in [0.25, 0.3) is 22.3 Å². The van der Waals surface area contributed by atoms with E-state index in [0.717, 1.165) is 0 Å². The van der Waals surface area contributed by atoms with Gasteiger partial charge in [-0.25, -0.2) is 43.4 Å². The van der Waals surface area contributed by atoms with E-state index in [4.69, 9.17) is 39.0 Å². The van der Waals surface area contributed by atoms with E-state index in [-0.39, 0.29) is 34.0 Å². The fraction of sp³-hybridized carbons (Fsp3) is 0.500. The van der Waals surface area contributed by atoms with Crippen molar-refractivity contribution in [1.29, 1.82) is 0 Å². The maximum absolute atomic E-state index is 16.0. The number of rotatable bonds is 2. The average molecular weight is 693 g/mol. The van der Waals surface area contributed by atoms with Crippen molar-refractivity contribution >= 4 is 72.1 Å². The quantitative estimate of drug-likeness (QED) is 0.146. The van der Waals surface area contributed by atoms with Crippen LogP contribution in [-0.4, -0.2) is 94.0 Å². The highest BCUT2D eigenvalue weighted by Crippen LogP contribution is 2.60. The van der Waals surface area contributed by atoms with E-state index in [1.165, 1.54) is 34.4 Å². The summed E-state index contributed by atoms with van der Waals surface area (Å²) in [6.07, 6.45) is -6.89. The molecule has 0 radical (unpaired) electrons. The second-order valence-corrected chi connectivity index (χ2v) is 15.7. The van der Waals surface area contributed by atoms with Crippen LogP contribution in [0.2, 0.25) is 0 Å². The predicted molar refractivity (Wildman–Crippen MR) is 153 cm³/mol. The average Bonchev–Trinajstić information content (AvgIpc) is 3.73. The van der Waals surface area contributed by atoms with Crippen LogP contribution in [0.1, 0.15) is 12.5 Å². The van der Waals surface area contributed by atoms with Gasteiger partial charge in [-0.3, -0.25) is 27.2 Å². The molecule has 3 saturated heterocycles. The van der Waals surface area contributed by atoms with Gasteiger partial charge in [-0.1, -0.05) is 24.5 Å². The van der Waals surface area contributed by atoms with E-state index in [0.29, 0.717) is 0 Å². The number of aliphatic hydroxyl groups is 1. The van der Waals surface area contributed by atoms with Crippen molar-refractivity contribution in [2.24, 2.45) is 0 Å². The van der Waals surface area contributed by atoms with Crippen LogP contribution in [0.15, 0.2) is 25.3 Å². The van der Waals surface area contributed by atoms with E-state index < -0.39 is 76.0 Å². The summed E-state index contributed by atoms with van der Waals surface area (Å²) < 4.78 is 79.4. The summed E-state index contributed by atoms with van der Waals surface area (Å²) >= 11 is 8.08. The van der Waals surface area contributed by atoms with Gasteiger partial charge in [-0.2, -0.15) is 0 Å². The Morgan fingerprint density at radius 2 is 1.30 bits per heavy atom. The van der Waals surface area contributed by atoms with Gasteiger partial charge in [0.25, 0.3) is 0 Å². The number of aliphatic hydroxyl groups excluding tert-OH is 1. The highest BCUT2D eigenvalue weighted by Gasteiger charge is 2.54.